The number of rotatable bonds is 4. The predicted molar refractivity (Wildman–Crippen MR) is 61.5 cm³/mol. The van der Waals surface area contributed by atoms with Crippen LogP contribution in [0.25, 0.3) is 0 Å². The molecule has 2 aromatic rings. The lowest BCUT2D eigenvalue weighted by Gasteiger charge is -2.01. The first-order chi connectivity index (χ1) is 7.74. The number of hydrogen-bond donors (Lipinski definition) is 1. The molecule has 0 radical (unpaired) electrons. The van der Waals surface area contributed by atoms with E-state index in [2.05, 4.69) is 36.4 Å². The SMILES string of the molecule is Cc1noc(CNCc2cccc(Br)n2)n1. The summed E-state index contributed by atoms with van der Waals surface area (Å²) < 4.78 is 5.81. The molecule has 6 heteroatoms. The zero-order valence-electron chi connectivity index (χ0n) is 8.77. The van der Waals surface area contributed by atoms with Crippen molar-refractivity contribution in [3.8, 4) is 0 Å². The van der Waals surface area contributed by atoms with Crippen LogP contribution < -0.4 is 5.32 Å². The van der Waals surface area contributed by atoms with E-state index in [-0.39, 0.29) is 0 Å². The van der Waals surface area contributed by atoms with Crippen molar-refractivity contribution in [1.29, 1.82) is 0 Å². The third-order valence-corrected chi connectivity index (χ3v) is 2.37. The van der Waals surface area contributed by atoms with Crippen LogP contribution in [-0.4, -0.2) is 15.1 Å². The van der Waals surface area contributed by atoms with E-state index >= 15 is 0 Å². The number of nitrogens with zero attached hydrogens (tertiary/aromatic N) is 3. The molecule has 0 saturated heterocycles. The first kappa shape index (κ1) is 11.2. The Kier molecular flexibility index (Phi) is 3.63. The van der Waals surface area contributed by atoms with Crippen molar-refractivity contribution in [2.45, 2.75) is 20.0 Å². The zero-order chi connectivity index (χ0) is 11.4. The van der Waals surface area contributed by atoms with Crippen LogP contribution in [0.2, 0.25) is 0 Å². The molecule has 1 N–H and O–H groups in total. The Morgan fingerprint density at radius 3 is 2.88 bits per heavy atom. The van der Waals surface area contributed by atoms with Crippen LogP contribution in [0.4, 0.5) is 0 Å². The Bertz CT molecular complexity index is 471. The van der Waals surface area contributed by atoms with Gasteiger partial charge in [0, 0.05) is 6.54 Å². The summed E-state index contributed by atoms with van der Waals surface area (Å²) in [5.74, 6) is 1.24. The van der Waals surface area contributed by atoms with Gasteiger partial charge in [-0.3, -0.25) is 0 Å². The molecule has 0 saturated carbocycles. The minimum absolute atomic E-state index is 0.551. The quantitative estimate of drug-likeness (QED) is 0.867. The Hall–Kier alpha value is -1.27. The molecule has 0 aliphatic rings. The van der Waals surface area contributed by atoms with Crippen molar-refractivity contribution in [2.75, 3.05) is 0 Å². The maximum atomic E-state index is 4.97. The summed E-state index contributed by atoms with van der Waals surface area (Å²) >= 11 is 3.32. The van der Waals surface area contributed by atoms with Crippen LogP contribution in [0, 0.1) is 6.92 Å². The summed E-state index contributed by atoms with van der Waals surface area (Å²) in [6, 6.07) is 5.80. The molecule has 0 bridgehead atoms. The summed E-state index contributed by atoms with van der Waals surface area (Å²) in [4.78, 5) is 8.39. The maximum absolute atomic E-state index is 4.97. The van der Waals surface area contributed by atoms with Gasteiger partial charge in [-0.05, 0) is 35.0 Å². The van der Waals surface area contributed by atoms with Crippen LogP contribution in [0.1, 0.15) is 17.4 Å². The van der Waals surface area contributed by atoms with Crippen LogP contribution in [0.15, 0.2) is 27.3 Å². The van der Waals surface area contributed by atoms with E-state index in [1.165, 1.54) is 0 Å². The van der Waals surface area contributed by atoms with Crippen molar-refractivity contribution in [1.82, 2.24) is 20.4 Å². The lowest BCUT2D eigenvalue weighted by molar-refractivity contribution is 0.363. The Labute approximate surface area is 101 Å². The topological polar surface area (TPSA) is 63.8 Å². The molecule has 0 spiro atoms. The Morgan fingerprint density at radius 2 is 2.19 bits per heavy atom. The zero-order valence-corrected chi connectivity index (χ0v) is 10.4. The van der Waals surface area contributed by atoms with Gasteiger partial charge in [0.15, 0.2) is 5.82 Å². The van der Waals surface area contributed by atoms with Gasteiger partial charge in [0.05, 0.1) is 12.2 Å². The molecule has 5 nitrogen and oxygen atoms in total. The number of halogens is 1. The molecule has 0 aromatic carbocycles. The van der Waals surface area contributed by atoms with Gasteiger partial charge in [-0.25, -0.2) is 4.98 Å². The first-order valence-electron chi connectivity index (χ1n) is 4.85. The molecular weight excluding hydrogens is 272 g/mol. The van der Waals surface area contributed by atoms with Gasteiger partial charge in [0.2, 0.25) is 5.89 Å². The molecule has 0 aliphatic carbocycles. The lowest BCUT2D eigenvalue weighted by atomic mass is 10.3. The number of aromatic nitrogens is 3. The maximum Gasteiger partial charge on any atom is 0.240 e. The van der Waals surface area contributed by atoms with E-state index in [9.17, 15) is 0 Å². The van der Waals surface area contributed by atoms with Gasteiger partial charge in [0.25, 0.3) is 0 Å². The fourth-order valence-corrected chi connectivity index (χ4v) is 1.64. The molecule has 16 heavy (non-hydrogen) atoms. The van der Waals surface area contributed by atoms with Crippen LogP contribution in [0.3, 0.4) is 0 Å². The Balaban J connectivity index is 1.84. The highest BCUT2D eigenvalue weighted by atomic mass is 79.9. The summed E-state index contributed by atoms with van der Waals surface area (Å²) in [5, 5.41) is 6.89. The monoisotopic (exact) mass is 282 g/mol. The van der Waals surface area contributed by atoms with Crippen LogP contribution in [-0.2, 0) is 13.1 Å². The fraction of sp³-hybridized carbons (Fsp3) is 0.300. The largest absolute Gasteiger partial charge is 0.338 e. The second kappa shape index (κ2) is 5.18. The van der Waals surface area contributed by atoms with E-state index < -0.39 is 0 Å². The summed E-state index contributed by atoms with van der Waals surface area (Å²) in [5.41, 5.74) is 0.964. The molecule has 0 atom stereocenters. The van der Waals surface area contributed by atoms with E-state index in [1.807, 2.05) is 18.2 Å². The summed E-state index contributed by atoms with van der Waals surface area (Å²) in [6.45, 7) is 3.01. The molecular formula is C10H11BrN4O. The third kappa shape index (κ3) is 3.11. The average Bonchev–Trinajstić information content (AvgIpc) is 2.64. The standard InChI is InChI=1S/C10H11BrN4O/c1-7-13-10(16-15-7)6-12-5-8-3-2-4-9(11)14-8/h2-4,12H,5-6H2,1H3. The van der Waals surface area contributed by atoms with Crippen molar-refractivity contribution in [3.63, 3.8) is 0 Å². The number of hydrogen-bond acceptors (Lipinski definition) is 5. The molecule has 0 aliphatic heterocycles. The lowest BCUT2D eigenvalue weighted by Crippen LogP contribution is -2.13. The van der Waals surface area contributed by atoms with Crippen molar-refractivity contribution in [3.05, 3.63) is 40.2 Å². The van der Waals surface area contributed by atoms with Crippen LogP contribution >= 0.6 is 15.9 Å². The highest BCUT2D eigenvalue weighted by molar-refractivity contribution is 9.10. The number of pyridine rings is 1. The first-order valence-corrected chi connectivity index (χ1v) is 5.64. The van der Waals surface area contributed by atoms with E-state index in [0.29, 0.717) is 24.8 Å². The van der Waals surface area contributed by atoms with Crippen LogP contribution in [0.5, 0.6) is 0 Å². The second-order valence-corrected chi connectivity index (χ2v) is 4.10. The normalized spacial score (nSPS) is 10.6. The molecule has 2 rings (SSSR count). The molecule has 0 amide bonds. The van der Waals surface area contributed by atoms with Gasteiger partial charge in [-0.1, -0.05) is 11.2 Å². The molecule has 0 unspecified atom stereocenters. The van der Waals surface area contributed by atoms with Crippen molar-refractivity contribution >= 4 is 15.9 Å². The van der Waals surface area contributed by atoms with Crippen molar-refractivity contribution in [2.24, 2.45) is 0 Å². The van der Waals surface area contributed by atoms with Gasteiger partial charge >= 0.3 is 0 Å². The smallest absolute Gasteiger partial charge is 0.240 e. The Morgan fingerprint density at radius 1 is 1.31 bits per heavy atom. The van der Waals surface area contributed by atoms with E-state index in [0.717, 1.165) is 10.3 Å². The molecule has 2 aromatic heterocycles. The van der Waals surface area contributed by atoms with Gasteiger partial charge in [0.1, 0.15) is 4.60 Å². The molecule has 84 valence electrons. The summed E-state index contributed by atoms with van der Waals surface area (Å²) in [6.07, 6.45) is 0. The average molecular weight is 283 g/mol. The van der Waals surface area contributed by atoms with Crippen molar-refractivity contribution < 1.29 is 4.52 Å². The molecule has 2 heterocycles. The summed E-state index contributed by atoms with van der Waals surface area (Å²) in [7, 11) is 0. The highest BCUT2D eigenvalue weighted by Crippen LogP contribution is 2.06. The molecule has 0 fully saturated rings. The van der Waals surface area contributed by atoms with Gasteiger partial charge in [-0.15, -0.1) is 0 Å². The minimum atomic E-state index is 0.551. The fourth-order valence-electron chi connectivity index (χ4n) is 1.26. The predicted octanol–water partition coefficient (Wildman–Crippen LogP) is 1.83. The number of nitrogens with one attached hydrogen (secondary N) is 1. The third-order valence-electron chi connectivity index (χ3n) is 1.92. The minimum Gasteiger partial charge on any atom is -0.338 e. The highest BCUT2D eigenvalue weighted by Gasteiger charge is 2.02. The van der Waals surface area contributed by atoms with Gasteiger partial charge < -0.3 is 9.84 Å². The van der Waals surface area contributed by atoms with E-state index in [1.54, 1.807) is 6.92 Å². The number of aryl methyl sites for hydroxylation is 1. The van der Waals surface area contributed by atoms with Gasteiger partial charge in [-0.2, -0.15) is 4.98 Å². The van der Waals surface area contributed by atoms with E-state index in [4.69, 9.17) is 4.52 Å². The second-order valence-electron chi connectivity index (χ2n) is 3.29.